The first kappa shape index (κ1) is 10.2. The van der Waals surface area contributed by atoms with Gasteiger partial charge in [-0.25, -0.2) is 4.79 Å². The molecule has 1 aliphatic heterocycles. The third-order valence-electron chi connectivity index (χ3n) is 1.47. The van der Waals surface area contributed by atoms with Gasteiger partial charge in [-0.1, -0.05) is 0 Å². The lowest BCUT2D eigenvalue weighted by Crippen LogP contribution is -2.38. The Labute approximate surface area is 83.2 Å². The Balaban J connectivity index is 2.53. The molecule has 0 aromatic carbocycles. The van der Waals surface area contributed by atoms with Crippen molar-refractivity contribution in [2.75, 3.05) is 13.1 Å². The van der Waals surface area contributed by atoms with Gasteiger partial charge in [0.05, 0.1) is 0 Å². The zero-order valence-electron chi connectivity index (χ0n) is 8.09. The molecule has 1 N–H and O–H groups in total. The van der Waals surface area contributed by atoms with Gasteiger partial charge in [0.1, 0.15) is 5.60 Å². The number of nitrogens with zero attached hydrogens (tertiary/aromatic N) is 1. The Kier molecular flexibility index (Phi) is 2.75. The van der Waals surface area contributed by atoms with Crippen LogP contribution in [0.2, 0.25) is 0 Å². The van der Waals surface area contributed by atoms with E-state index >= 15 is 0 Å². The topological polar surface area (TPSA) is 41.6 Å². The Morgan fingerprint density at radius 2 is 2.23 bits per heavy atom. The summed E-state index contributed by atoms with van der Waals surface area (Å²) in [5.74, 6) is 0. The van der Waals surface area contributed by atoms with Crippen LogP contribution in [0, 0.1) is 0 Å². The normalized spacial score (nSPS) is 17.2. The zero-order chi connectivity index (χ0) is 10.1. The van der Waals surface area contributed by atoms with E-state index < -0.39 is 5.60 Å². The lowest BCUT2D eigenvalue weighted by Gasteiger charge is -2.23. The number of carbonyl (C=O) groups excluding carboxylic acids is 1. The highest BCUT2D eigenvalue weighted by atomic mass is 32.1. The molecule has 1 saturated heterocycles. The van der Waals surface area contributed by atoms with Gasteiger partial charge >= 0.3 is 6.09 Å². The second-order valence-electron chi connectivity index (χ2n) is 3.86. The van der Waals surface area contributed by atoms with Crippen molar-refractivity contribution >= 4 is 23.4 Å². The molecule has 0 unspecified atom stereocenters. The molecule has 5 heteroatoms. The molecule has 0 atom stereocenters. The van der Waals surface area contributed by atoms with E-state index in [1.807, 2.05) is 20.8 Å². The molecule has 0 aliphatic carbocycles. The molecule has 1 amide bonds. The molecule has 0 radical (unpaired) electrons. The summed E-state index contributed by atoms with van der Waals surface area (Å²) in [5, 5.41) is 3.35. The zero-order valence-corrected chi connectivity index (χ0v) is 8.90. The lowest BCUT2D eigenvalue weighted by atomic mass is 10.2. The largest absolute Gasteiger partial charge is 0.443 e. The molecular formula is C8H14N2O2S. The predicted octanol–water partition coefficient (Wildman–Crippen LogP) is 1.11. The van der Waals surface area contributed by atoms with E-state index in [1.165, 1.54) is 4.90 Å². The molecule has 0 spiro atoms. The molecule has 1 heterocycles. The fourth-order valence-corrected chi connectivity index (χ4v) is 1.23. The van der Waals surface area contributed by atoms with Crippen molar-refractivity contribution in [2.45, 2.75) is 26.4 Å². The van der Waals surface area contributed by atoms with E-state index in [-0.39, 0.29) is 6.09 Å². The van der Waals surface area contributed by atoms with Crippen LogP contribution in [0.4, 0.5) is 4.79 Å². The van der Waals surface area contributed by atoms with Gasteiger partial charge in [-0.05, 0) is 33.0 Å². The van der Waals surface area contributed by atoms with E-state index in [0.717, 1.165) is 0 Å². The van der Waals surface area contributed by atoms with Crippen LogP contribution in [0.25, 0.3) is 0 Å². The van der Waals surface area contributed by atoms with E-state index in [2.05, 4.69) is 5.32 Å². The molecule has 1 aliphatic rings. The lowest BCUT2D eigenvalue weighted by molar-refractivity contribution is 0.0389. The number of thiocarbonyl (C=S) groups is 1. The highest BCUT2D eigenvalue weighted by Gasteiger charge is 2.27. The Hall–Kier alpha value is -0.840. The molecule has 1 rings (SSSR count). The first-order valence-corrected chi connectivity index (χ1v) is 4.59. The molecule has 0 aromatic rings. The van der Waals surface area contributed by atoms with Crippen LogP contribution in [0.15, 0.2) is 0 Å². The second kappa shape index (κ2) is 3.49. The number of ether oxygens (including phenoxy) is 1. The number of carbonyl (C=O) groups is 1. The van der Waals surface area contributed by atoms with Crippen molar-refractivity contribution < 1.29 is 9.53 Å². The summed E-state index contributed by atoms with van der Waals surface area (Å²) in [6.07, 6.45) is -0.373. The Morgan fingerprint density at radius 3 is 2.62 bits per heavy atom. The standard InChI is InChI=1S/C8H14N2O2S/c1-8(2,3)12-7(11)10-5-4-9-6(10)13/h4-5H2,1-3H3,(H,9,13). The minimum atomic E-state index is -0.463. The van der Waals surface area contributed by atoms with Gasteiger partial charge < -0.3 is 10.1 Å². The smallest absolute Gasteiger partial charge is 0.416 e. The van der Waals surface area contributed by atoms with Crippen LogP contribution in [0.5, 0.6) is 0 Å². The molecule has 0 bridgehead atoms. The number of nitrogens with one attached hydrogen (secondary N) is 1. The molecule has 74 valence electrons. The average molecular weight is 202 g/mol. The van der Waals surface area contributed by atoms with Crippen LogP contribution >= 0.6 is 12.2 Å². The fraction of sp³-hybridized carbons (Fsp3) is 0.750. The first-order chi connectivity index (χ1) is 5.90. The minimum absolute atomic E-state index is 0.373. The molecule has 4 nitrogen and oxygen atoms in total. The highest BCUT2D eigenvalue weighted by Crippen LogP contribution is 2.11. The maximum absolute atomic E-state index is 11.4. The summed E-state index contributed by atoms with van der Waals surface area (Å²) in [7, 11) is 0. The van der Waals surface area contributed by atoms with Crippen molar-refractivity contribution in [1.82, 2.24) is 10.2 Å². The van der Waals surface area contributed by atoms with Crippen molar-refractivity contribution in [3.63, 3.8) is 0 Å². The summed E-state index contributed by atoms with van der Waals surface area (Å²) in [5.41, 5.74) is -0.463. The second-order valence-corrected chi connectivity index (χ2v) is 4.25. The van der Waals surface area contributed by atoms with Crippen LogP contribution in [-0.2, 0) is 4.74 Å². The SMILES string of the molecule is CC(C)(C)OC(=O)N1CCNC1=S. The monoisotopic (exact) mass is 202 g/mol. The molecule has 13 heavy (non-hydrogen) atoms. The van der Waals surface area contributed by atoms with Gasteiger partial charge in [0.2, 0.25) is 0 Å². The quantitative estimate of drug-likeness (QED) is 0.597. The average Bonchev–Trinajstić information content (AvgIpc) is 2.30. The maximum Gasteiger partial charge on any atom is 0.416 e. The Morgan fingerprint density at radius 1 is 1.62 bits per heavy atom. The highest BCUT2D eigenvalue weighted by molar-refractivity contribution is 7.80. The van der Waals surface area contributed by atoms with Crippen LogP contribution < -0.4 is 5.32 Å². The summed E-state index contributed by atoms with van der Waals surface area (Å²) >= 11 is 4.92. The van der Waals surface area contributed by atoms with Crippen LogP contribution in [0.1, 0.15) is 20.8 Å². The van der Waals surface area contributed by atoms with Gasteiger partial charge in [-0.3, -0.25) is 4.90 Å². The number of hydrogen-bond donors (Lipinski definition) is 1. The van der Waals surface area contributed by atoms with Crippen LogP contribution in [-0.4, -0.2) is 34.8 Å². The van der Waals surface area contributed by atoms with E-state index in [1.54, 1.807) is 0 Å². The first-order valence-electron chi connectivity index (χ1n) is 4.18. The molecule has 0 saturated carbocycles. The van der Waals surface area contributed by atoms with Gasteiger partial charge in [-0.15, -0.1) is 0 Å². The van der Waals surface area contributed by atoms with E-state index in [4.69, 9.17) is 17.0 Å². The molecular weight excluding hydrogens is 188 g/mol. The van der Waals surface area contributed by atoms with Gasteiger partial charge in [0.25, 0.3) is 0 Å². The van der Waals surface area contributed by atoms with E-state index in [9.17, 15) is 4.79 Å². The minimum Gasteiger partial charge on any atom is -0.443 e. The molecule has 0 aromatic heterocycles. The van der Waals surface area contributed by atoms with Crippen molar-refractivity contribution in [3.05, 3.63) is 0 Å². The third kappa shape index (κ3) is 2.84. The summed E-state index contributed by atoms with van der Waals surface area (Å²) in [6, 6.07) is 0. The van der Waals surface area contributed by atoms with E-state index in [0.29, 0.717) is 18.2 Å². The summed E-state index contributed by atoms with van der Waals surface area (Å²) in [4.78, 5) is 12.9. The van der Waals surface area contributed by atoms with Crippen molar-refractivity contribution in [3.8, 4) is 0 Å². The summed E-state index contributed by atoms with van der Waals surface area (Å²) < 4.78 is 5.15. The number of rotatable bonds is 0. The maximum atomic E-state index is 11.4. The Bertz CT molecular complexity index is 235. The van der Waals surface area contributed by atoms with Crippen molar-refractivity contribution in [1.29, 1.82) is 0 Å². The van der Waals surface area contributed by atoms with Gasteiger partial charge in [0.15, 0.2) is 5.11 Å². The summed E-state index contributed by atoms with van der Waals surface area (Å²) in [6.45, 7) is 6.79. The van der Waals surface area contributed by atoms with Gasteiger partial charge in [0, 0.05) is 13.1 Å². The number of hydrogen-bond acceptors (Lipinski definition) is 3. The predicted molar refractivity (Wildman–Crippen MR) is 53.5 cm³/mol. The van der Waals surface area contributed by atoms with Crippen molar-refractivity contribution in [2.24, 2.45) is 0 Å². The van der Waals surface area contributed by atoms with Gasteiger partial charge in [-0.2, -0.15) is 0 Å². The molecule has 1 fully saturated rings. The fourth-order valence-electron chi connectivity index (χ4n) is 0.963. The third-order valence-corrected chi connectivity index (χ3v) is 1.84. The van der Waals surface area contributed by atoms with Crippen LogP contribution in [0.3, 0.4) is 0 Å². The number of amides is 1.